The van der Waals surface area contributed by atoms with E-state index in [1.807, 2.05) is 4.90 Å². The maximum absolute atomic E-state index is 10.3. The summed E-state index contributed by atoms with van der Waals surface area (Å²) in [6.45, 7) is 2.88. The largest absolute Gasteiger partial charge is 0.421 e. The SMILES string of the molecule is O=Cc1cnc(N2CCOCC2)o1. The Morgan fingerprint density at radius 2 is 2.23 bits per heavy atom. The van der Waals surface area contributed by atoms with Crippen LogP contribution < -0.4 is 4.90 Å². The van der Waals surface area contributed by atoms with E-state index in [1.54, 1.807) is 0 Å². The van der Waals surface area contributed by atoms with E-state index < -0.39 is 0 Å². The third kappa shape index (κ3) is 1.70. The minimum absolute atomic E-state index is 0.265. The molecule has 1 saturated heterocycles. The van der Waals surface area contributed by atoms with E-state index in [-0.39, 0.29) is 5.76 Å². The Morgan fingerprint density at radius 3 is 2.85 bits per heavy atom. The Bertz CT molecular complexity index is 291. The fourth-order valence-corrected chi connectivity index (χ4v) is 1.23. The van der Waals surface area contributed by atoms with Crippen LogP contribution in [0.5, 0.6) is 0 Å². The fraction of sp³-hybridized carbons (Fsp3) is 0.500. The zero-order chi connectivity index (χ0) is 9.10. The molecule has 0 atom stereocenters. The topological polar surface area (TPSA) is 55.6 Å². The van der Waals surface area contributed by atoms with Gasteiger partial charge in [-0.2, -0.15) is 0 Å². The Morgan fingerprint density at radius 1 is 1.46 bits per heavy atom. The zero-order valence-electron chi connectivity index (χ0n) is 7.10. The maximum Gasteiger partial charge on any atom is 0.298 e. The molecule has 0 N–H and O–H groups in total. The predicted octanol–water partition coefficient (Wildman–Crippen LogP) is 0.324. The van der Waals surface area contributed by atoms with Crippen molar-refractivity contribution in [3.8, 4) is 0 Å². The minimum Gasteiger partial charge on any atom is -0.421 e. The number of nitrogens with zero attached hydrogens (tertiary/aromatic N) is 2. The summed E-state index contributed by atoms with van der Waals surface area (Å²) < 4.78 is 10.3. The first-order valence-electron chi connectivity index (χ1n) is 4.14. The number of anilines is 1. The second-order valence-electron chi connectivity index (χ2n) is 2.76. The normalized spacial score (nSPS) is 17.4. The first-order valence-corrected chi connectivity index (χ1v) is 4.14. The molecule has 0 unspecified atom stereocenters. The average molecular weight is 182 g/mol. The molecule has 1 aromatic heterocycles. The van der Waals surface area contributed by atoms with E-state index in [1.165, 1.54) is 6.20 Å². The highest BCUT2D eigenvalue weighted by molar-refractivity contribution is 5.70. The lowest BCUT2D eigenvalue weighted by Crippen LogP contribution is -2.36. The molecule has 0 amide bonds. The molecule has 0 aliphatic carbocycles. The molecule has 2 heterocycles. The molecule has 1 aliphatic heterocycles. The third-order valence-electron chi connectivity index (χ3n) is 1.91. The molecule has 1 aromatic rings. The van der Waals surface area contributed by atoms with E-state index >= 15 is 0 Å². The van der Waals surface area contributed by atoms with Crippen LogP contribution in [0.15, 0.2) is 10.6 Å². The lowest BCUT2D eigenvalue weighted by molar-refractivity contribution is 0.109. The number of ether oxygens (including phenoxy) is 1. The van der Waals surface area contributed by atoms with E-state index in [0.29, 0.717) is 25.5 Å². The van der Waals surface area contributed by atoms with Gasteiger partial charge in [0, 0.05) is 13.1 Å². The summed E-state index contributed by atoms with van der Waals surface area (Å²) in [4.78, 5) is 16.3. The Hall–Kier alpha value is -1.36. The summed E-state index contributed by atoms with van der Waals surface area (Å²) in [6.07, 6.45) is 2.08. The second-order valence-corrected chi connectivity index (χ2v) is 2.76. The molecule has 13 heavy (non-hydrogen) atoms. The van der Waals surface area contributed by atoms with Gasteiger partial charge in [-0.1, -0.05) is 0 Å². The van der Waals surface area contributed by atoms with Gasteiger partial charge in [-0.05, 0) is 0 Å². The van der Waals surface area contributed by atoms with Crippen LogP contribution in [-0.4, -0.2) is 37.6 Å². The van der Waals surface area contributed by atoms with Crippen LogP contribution >= 0.6 is 0 Å². The van der Waals surface area contributed by atoms with Crippen LogP contribution in [0.25, 0.3) is 0 Å². The molecule has 1 fully saturated rings. The van der Waals surface area contributed by atoms with E-state index in [2.05, 4.69) is 4.98 Å². The van der Waals surface area contributed by atoms with Crippen molar-refractivity contribution >= 4 is 12.3 Å². The third-order valence-corrected chi connectivity index (χ3v) is 1.91. The van der Waals surface area contributed by atoms with Gasteiger partial charge < -0.3 is 14.1 Å². The lowest BCUT2D eigenvalue weighted by atomic mass is 10.5. The molecule has 70 valence electrons. The molecule has 0 saturated carbocycles. The number of aldehydes is 1. The fourth-order valence-electron chi connectivity index (χ4n) is 1.23. The van der Waals surface area contributed by atoms with Gasteiger partial charge in [0.2, 0.25) is 0 Å². The van der Waals surface area contributed by atoms with Crippen molar-refractivity contribution in [1.29, 1.82) is 0 Å². The van der Waals surface area contributed by atoms with Gasteiger partial charge >= 0.3 is 0 Å². The molecule has 0 aromatic carbocycles. The summed E-state index contributed by atoms with van der Waals surface area (Å²) >= 11 is 0. The molecule has 0 spiro atoms. The summed E-state index contributed by atoms with van der Waals surface area (Å²) in [5.74, 6) is 0.265. The van der Waals surface area contributed by atoms with Crippen molar-refractivity contribution in [3.05, 3.63) is 12.0 Å². The van der Waals surface area contributed by atoms with Crippen LogP contribution in [-0.2, 0) is 4.74 Å². The van der Waals surface area contributed by atoms with Gasteiger partial charge in [-0.15, -0.1) is 0 Å². The number of hydrogen-bond donors (Lipinski definition) is 0. The molecule has 0 radical (unpaired) electrons. The predicted molar refractivity (Wildman–Crippen MR) is 44.9 cm³/mol. The summed E-state index contributed by atoms with van der Waals surface area (Å²) in [5.41, 5.74) is 0. The van der Waals surface area contributed by atoms with Crippen LogP contribution in [0.1, 0.15) is 10.6 Å². The van der Waals surface area contributed by atoms with E-state index in [0.717, 1.165) is 13.1 Å². The highest BCUT2D eigenvalue weighted by Crippen LogP contribution is 2.14. The summed E-state index contributed by atoms with van der Waals surface area (Å²) in [7, 11) is 0. The Kier molecular flexibility index (Phi) is 2.27. The lowest BCUT2D eigenvalue weighted by Gasteiger charge is -2.24. The molecule has 2 rings (SSSR count). The Balaban J connectivity index is 2.09. The van der Waals surface area contributed by atoms with Crippen molar-refractivity contribution in [2.45, 2.75) is 0 Å². The van der Waals surface area contributed by atoms with E-state index in [9.17, 15) is 4.79 Å². The first kappa shape index (κ1) is 8.25. The molecule has 0 bridgehead atoms. The molecule has 5 nitrogen and oxygen atoms in total. The number of carbonyl (C=O) groups is 1. The smallest absolute Gasteiger partial charge is 0.298 e. The van der Waals surface area contributed by atoms with Gasteiger partial charge in [0.1, 0.15) is 0 Å². The number of morpholine rings is 1. The average Bonchev–Trinajstić information content (AvgIpc) is 2.67. The van der Waals surface area contributed by atoms with Gasteiger partial charge in [-0.25, -0.2) is 4.98 Å². The van der Waals surface area contributed by atoms with Crippen LogP contribution in [0, 0.1) is 0 Å². The number of rotatable bonds is 2. The zero-order valence-corrected chi connectivity index (χ0v) is 7.10. The van der Waals surface area contributed by atoms with E-state index in [4.69, 9.17) is 9.15 Å². The quantitative estimate of drug-likeness (QED) is 0.616. The van der Waals surface area contributed by atoms with Crippen molar-refractivity contribution in [1.82, 2.24) is 4.98 Å². The number of aromatic nitrogens is 1. The van der Waals surface area contributed by atoms with Crippen molar-refractivity contribution < 1.29 is 13.9 Å². The van der Waals surface area contributed by atoms with Crippen molar-refractivity contribution in [3.63, 3.8) is 0 Å². The van der Waals surface area contributed by atoms with Crippen molar-refractivity contribution in [2.24, 2.45) is 0 Å². The highest BCUT2D eigenvalue weighted by Gasteiger charge is 2.15. The summed E-state index contributed by atoms with van der Waals surface area (Å²) in [5, 5.41) is 0. The molecule has 5 heteroatoms. The van der Waals surface area contributed by atoms with Gasteiger partial charge in [0.05, 0.1) is 19.4 Å². The van der Waals surface area contributed by atoms with Crippen LogP contribution in [0.3, 0.4) is 0 Å². The Labute approximate surface area is 75.3 Å². The second kappa shape index (κ2) is 3.57. The van der Waals surface area contributed by atoms with Crippen LogP contribution in [0.4, 0.5) is 6.01 Å². The minimum atomic E-state index is 0.265. The monoisotopic (exact) mass is 182 g/mol. The highest BCUT2D eigenvalue weighted by atomic mass is 16.5. The summed E-state index contributed by atoms with van der Waals surface area (Å²) in [6, 6.07) is 0.505. The van der Waals surface area contributed by atoms with Gasteiger partial charge in [0.15, 0.2) is 12.0 Å². The first-order chi connectivity index (χ1) is 6.40. The van der Waals surface area contributed by atoms with Gasteiger partial charge in [0.25, 0.3) is 6.01 Å². The number of hydrogen-bond acceptors (Lipinski definition) is 5. The molecular weight excluding hydrogens is 172 g/mol. The number of oxazole rings is 1. The number of carbonyl (C=O) groups excluding carboxylic acids is 1. The maximum atomic E-state index is 10.3. The van der Waals surface area contributed by atoms with Crippen molar-refractivity contribution in [2.75, 3.05) is 31.2 Å². The van der Waals surface area contributed by atoms with Crippen LogP contribution in [0.2, 0.25) is 0 Å². The van der Waals surface area contributed by atoms with Gasteiger partial charge in [-0.3, -0.25) is 4.79 Å². The standard InChI is InChI=1S/C8H10N2O3/c11-6-7-5-9-8(13-7)10-1-3-12-4-2-10/h5-6H,1-4H2. The molecule has 1 aliphatic rings. The molecular formula is C8H10N2O3.